The second-order valence-corrected chi connectivity index (χ2v) is 10.7. The van der Waals surface area contributed by atoms with Gasteiger partial charge in [-0.15, -0.1) is 0 Å². The van der Waals surface area contributed by atoms with Gasteiger partial charge in [-0.05, 0) is 57.1 Å². The molecule has 11 heteroatoms. The molecule has 0 radical (unpaired) electrons. The van der Waals surface area contributed by atoms with Gasteiger partial charge in [-0.3, -0.25) is 9.97 Å². The maximum Gasteiger partial charge on any atom is 0.300 e. The van der Waals surface area contributed by atoms with Crippen molar-refractivity contribution >= 4 is 34.4 Å². The van der Waals surface area contributed by atoms with Crippen molar-refractivity contribution in [2.24, 2.45) is 11.1 Å². The summed E-state index contributed by atoms with van der Waals surface area (Å²) in [5.74, 6) is 0.588. The minimum Gasteiger partial charge on any atom is -0.424 e. The van der Waals surface area contributed by atoms with Crippen LogP contribution in [0.25, 0.3) is 11.0 Å². The second-order valence-electron chi connectivity index (χ2n) is 9.22. The smallest absolute Gasteiger partial charge is 0.300 e. The number of rotatable bonds is 5. The maximum atomic E-state index is 6.72. The number of hydrogen-bond donors (Lipinski definition) is 3. The molecule has 2 aliphatic heterocycles. The first-order valence-corrected chi connectivity index (χ1v) is 13.1. The molecule has 5 heterocycles. The summed E-state index contributed by atoms with van der Waals surface area (Å²) in [6.07, 6.45) is 8.65. The van der Waals surface area contributed by atoms with Crippen molar-refractivity contribution in [2.45, 2.75) is 47.9 Å². The number of nitrogens with zero attached hydrogens (tertiary/aromatic N) is 4. The number of aromatic nitrogens is 5. The first-order chi connectivity index (χ1) is 17.5. The average molecular weight is 524 g/mol. The molecule has 3 aromatic heterocycles. The van der Waals surface area contributed by atoms with Gasteiger partial charge in [-0.25, -0.2) is 4.98 Å². The van der Waals surface area contributed by atoms with Crippen LogP contribution in [0.3, 0.4) is 0 Å². The van der Waals surface area contributed by atoms with E-state index in [1.807, 2.05) is 31.3 Å². The van der Waals surface area contributed by atoms with Crippen LogP contribution in [0.5, 0.6) is 11.8 Å². The van der Waals surface area contributed by atoms with E-state index in [-0.39, 0.29) is 23.7 Å². The summed E-state index contributed by atoms with van der Waals surface area (Å²) in [6.45, 7) is 3.92. The third kappa shape index (κ3) is 4.22. The van der Waals surface area contributed by atoms with Crippen LogP contribution in [-0.4, -0.2) is 50.2 Å². The highest BCUT2D eigenvalue weighted by Gasteiger charge is 2.54. The number of imidazole rings is 1. The Hall–Kier alpha value is -2.76. The summed E-state index contributed by atoms with van der Waals surface area (Å²) >= 11 is 8.17. The number of benzene rings is 1. The van der Waals surface area contributed by atoms with Crippen LogP contribution in [0, 0.1) is 5.41 Å². The Bertz CT molecular complexity index is 1360. The first kappa shape index (κ1) is 23.6. The van der Waals surface area contributed by atoms with Crippen LogP contribution >= 0.6 is 23.4 Å². The molecule has 2 saturated heterocycles. The zero-order chi connectivity index (χ0) is 24.7. The number of halogens is 1. The number of aromatic amines is 1. The second kappa shape index (κ2) is 9.60. The number of nitrogens with one attached hydrogen (secondary N) is 2. The number of H-pyrrole nitrogens is 1. The fraction of sp³-hybridized carbons (Fsp3) is 0.360. The van der Waals surface area contributed by atoms with Crippen molar-refractivity contribution in [2.75, 3.05) is 13.1 Å². The van der Waals surface area contributed by atoms with Gasteiger partial charge in [-0.2, -0.15) is 4.98 Å². The van der Waals surface area contributed by atoms with Gasteiger partial charge in [0.15, 0.2) is 0 Å². The maximum absolute atomic E-state index is 6.72. The molecule has 9 nitrogen and oxygen atoms in total. The number of nitrogens with two attached hydrogens (primary N) is 1. The lowest BCUT2D eigenvalue weighted by atomic mass is 9.69. The molecule has 0 amide bonds. The van der Waals surface area contributed by atoms with Gasteiger partial charge in [-0.1, -0.05) is 23.4 Å². The molecule has 1 aromatic carbocycles. The van der Waals surface area contributed by atoms with Crippen LogP contribution in [-0.2, 0) is 4.74 Å². The monoisotopic (exact) mass is 523 g/mol. The number of pyridine rings is 1. The van der Waals surface area contributed by atoms with Crippen molar-refractivity contribution < 1.29 is 9.47 Å². The molecule has 2 fully saturated rings. The lowest BCUT2D eigenvalue weighted by Crippen LogP contribution is -2.50. The van der Waals surface area contributed by atoms with Crippen LogP contribution in [0.4, 0.5) is 0 Å². The molecule has 6 rings (SSSR count). The summed E-state index contributed by atoms with van der Waals surface area (Å²) in [6, 6.07) is 7.75. The van der Waals surface area contributed by atoms with Gasteiger partial charge < -0.3 is 25.5 Å². The van der Waals surface area contributed by atoms with E-state index in [0.717, 1.165) is 41.5 Å². The molecule has 2 aliphatic rings. The number of hydrogen-bond acceptors (Lipinski definition) is 9. The van der Waals surface area contributed by atoms with E-state index in [4.69, 9.17) is 31.8 Å². The van der Waals surface area contributed by atoms with E-state index >= 15 is 0 Å². The van der Waals surface area contributed by atoms with Gasteiger partial charge in [0.1, 0.15) is 16.9 Å². The van der Waals surface area contributed by atoms with E-state index in [1.54, 1.807) is 24.7 Å². The van der Waals surface area contributed by atoms with E-state index in [0.29, 0.717) is 27.8 Å². The molecule has 1 spiro atoms. The Morgan fingerprint density at radius 3 is 2.78 bits per heavy atom. The Kier molecular flexibility index (Phi) is 6.30. The summed E-state index contributed by atoms with van der Waals surface area (Å²) in [7, 11) is 0. The molecule has 4 N–H and O–H groups in total. The lowest BCUT2D eigenvalue weighted by molar-refractivity contribution is 0.00222. The van der Waals surface area contributed by atoms with Gasteiger partial charge in [0.05, 0.1) is 46.4 Å². The fourth-order valence-corrected chi connectivity index (χ4v) is 6.29. The van der Waals surface area contributed by atoms with Crippen LogP contribution in [0.1, 0.15) is 31.6 Å². The predicted molar refractivity (Wildman–Crippen MR) is 137 cm³/mol. The molecule has 186 valence electrons. The Morgan fingerprint density at radius 1 is 1.17 bits per heavy atom. The van der Waals surface area contributed by atoms with Gasteiger partial charge >= 0.3 is 0 Å². The Labute approximate surface area is 217 Å². The van der Waals surface area contributed by atoms with Crippen LogP contribution in [0.2, 0.25) is 5.02 Å². The van der Waals surface area contributed by atoms with Gasteiger partial charge in [0.2, 0.25) is 0 Å². The fourth-order valence-electron chi connectivity index (χ4n) is 5.21. The highest BCUT2D eigenvalue weighted by molar-refractivity contribution is 7.99. The molecule has 36 heavy (non-hydrogen) atoms. The summed E-state index contributed by atoms with van der Waals surface area (Å²) < 4.78 is 12.1. The largest absolute Gasteiger partial charge is 0.424 e. The van der Waals surface area contributed by atoms with Crippen molar-refractivity contribution in [3.63, 3.8) is 0 Å². The minimum atomic E-state index is -0.153. The zero-order valence-electron chi connectivity index (χ0n) is 19.6. The topological polar surface area (TPSA) is 124 Å². The third-order valence-electron chi connectivity index (χ3n) is 7.10. The van der Waals surface area contributed by atoms with Crippen molar-refractivity contribution in [1.82, 2.24) is 30.2 Å². The van der Waals surface area contributed by atoms with E-state index < -0.39 is 0 Å². The van der Waals surface area contributed by atoms with Crippen molar-refractivity contribution in [3.8, 4) is 11.8 Å². The number of ether oxygens (including phenoxy) is 2. The summed E-state index contributed by atoms with van der Waals surface area (Å²) in [5.41, 5.74) is 8.73. The molecular weight excluding hydrogens is 498 g/mol. The minimum absolute atomic E-state index is 0.0177. The van der Waals surface area contributed by atoms with Gasteiger partial charge in [0.25, 0.3) is 6.01 Å². The SMILES string of the molecule is CC1OC(c2cnc(Sc3ccc4nc(Oc5cccnc5)[nH]c4c3Cl)cn2)C2(CCNCC2)C1N. The third-order valence-corrected chi connectivity index (χ3v) is 8.58. The molecule has 0 aliphatic carbocycles. The summed E-state index contributed by atoms with van der Waals surface area (Å²) in [5, 5.41) is 4.71. The Morgan fingerprint density at radius 2 is 2.03 bits per heavy atom. The molecule has 3 atom stereocenters. The normalized spacial score (nSPS) is 23.4. The Balaban J connectivity index is 1.22. The first-order valence-electron chi connectivity index (χ1n) is 11.9. The van der Waals surface area contributed by atoms with E-state index in [9.17, 15) is 0 Å². The highest BCUT2D eigenvalue weighted by Crippen LogP contribution is 2.52. The van der Waals surface area contributed by atoms with Crippen molar-refractivity contribution in [3.05, 3.63) is 59.8 Å². The average Bonchev–Trinajstić information content (AvgIpc) is 3.42. The molecule has 0 bridgehead atoms. The summed E-state index contributed by atoms with van der Waals surface area (Å²) in [4.78, 5) is 21.9. The van der Waals surface area contributed by atoms with Crippen molar-refractivity contribution in [1.29, 1.82) is 0 Å². The number of piperidine rings is 1. The predicted octanol–water partition coefficient (Wildman–Crippen LogP) is 4.50. The molecule has 4 aromatic rings. The molecule has 0 saturated carbocycles. The quantitative estimate of drug-likeness (QED) is 0.346. The highest BCUT2D eigenvalue weighted by atomic mass is 35.5. The standard InChI is InChI=1S/C25H26ClN7O2S/c1-14-22(27)25(6-9-28-10-7-25)23(34-14)17-12-31-19(13-30-17)36-18-5-4-16-21(20(18)26)33-24(32-16)35-15-3-2-8-29-11-15/h2-5,8,11-14,22-23,28H,6-7,9-10,27H2,1H3,(H,32,33). The van der Waals surface area contributed by atoms with Gasteiger partial charge in [0, 0.05) is 22.5 Å². The molecule has 3 unspecified atom stereocenters. The van der Waals surface area contributed by atoms with Crippen LogP contribution < -0.4 is 15.8 Å². The van der Waals surface area contributed by atoms with Crippen LogP contribution in [0.15, 0.2) is 59.0 Å². The zero-order valence-corrected chi connectivity index (χ0v) is 21.2. The number of fused-ring (bicyclic) bond motifs is 1. The molecular formula is C25H26ClN7O2S. The lowest BCUT2D eigenvalue weighted by Gasteiger charge is -2.40. The van der Waals surface area contributed by atoms with E-state index in [2.05, 4.69) is 25.3 Å². The van der Waals surface area contributed by atoms with E-state index in [1.165, 1.54) is 11.8 Å².